The number of carbonyl (C=O) groups is 5. The van der Waals surface area contributed by atoms with Crippen molar-refractivity contribution < 1.29 is 34.2 Å². The molecule has 4 fully saturated rings. The van der Waals surface area contributed by atoms with Gasteiger partial charge in [0.05, 0.1) is 17.5 Å². The minimum atomic E-state index is -2.72. The fraction of sp³-hybridized carbons (Fsp3) is 0.667. The molecule has 44 heavy (non-hydrogen) atoms. The van der Waals surface area contributed by atoms with E-state index >= 15 is 0 Å². The van der Waals surface area contributed by atoms with Crippen LogP contribution in [0.1, 0.15) is 66.9 Å². The molecule has 4 saturated carbocycles. The molecule has 1 aromatic carbocycles. The number of ketones is 4. The van der Waals surface area contributed by atoms with Gasteiger partial charge < -0.3 is 20.8 Å². The molecule has 11 heteroatoms. The van der Waals surface area contributed by atoms with E-state index in [4.69, 9.17) is 5.73 Å². The van der Waals surface area contributed by atoms with Crippen molar-refractivity contribution in [2.75, 3.05) is 39.6 Å². The number of amides is 1. The van der Waals surface area contributed by atoms with Gasteiger partial charge in [-0.25, -0.2) is 0 Å². The van der Waals surface area contributed by atoms with Crippen LogP contribution in [-0.2, 0) is 32.1 Å². The number of anilines is 1. The van der Waals surface area contributed by atoms with E-state index in [0.717, 1.165) is 30.6 Å². The Morgan fingerprint density at radius 1 is 1.07 bits per heavy atom. The maximum absolute atomic E-state index is 14.2. The zero-order valence-corrected chi connectivity index (χ0v) is 26.3. The normalized spacial score (nSPS) is 32.7. The number of Topliss-reactive ketones (excluding diaryl/α,β-unsaturated/α-hetero) is 4. The van der Waals surface area contributed by atoms with Crippen molar-refractivity contribution in [1.82, 2.24) is 9.80 Å². The van der Waals surface area contributed by atoms with Crippen molar-refractivity contribution in [3.8, 4) is 5.75 Å². The van der Waals surface area contributed by atoms with Gasteiger partial charge in [0.2, 0.25) is 5.91 Å². The van der Waals surface area contributed by atoms with Gasteiger partial charge in [-0.3, -0.25) is 33.8 Å². The Morgan fingerprint density at radius 2 is 1.73 bits per heavy atom. The summed E-state index contributed by atoms with van der Waals surface area (Å²) in [7, 11) is 6.97. The molecular weight excluding hydrogens is 564 g/mol. The number of hydrogen-bond acceptors (Lipinski definition) is 10. The topological polar surface area (TPSA) is 162 Å². The summed E-state index contributed by atoms with van der Waals surface area (Å²) in [5.41, 5.74) is 5.19. The van der Waals surface area contributed by atoms with Crippen LogP contribution in [-0.4, -0.2) is 101 Å². The average Bonchev–Trinajstić information content (AvgIpc) is 3.72. The van der Waals surface area contributed by atoms with Gasteiger partial charge in [0.25, 0.3) is 0 Å². The summed E-state index contributed by atoms with van der Waals surface area (Å²) in [6.07, 6.45) is 6.15. The number of carbonyl (C=O) groups excluding carboxylic acids is 5. The largest absolute Gasteiger partial charge is 0.507 e. The maximum atomic E-state index is 14.2. The van der Waals surface area contributed by atoms with Crippen molar-refractivity contribution in [3.05, 3.63) is 22.8 Å². The van der Waals surface area contributed by atoms with Gasteiger partial charge in [0, 0.05) is 44.3 Å². The molecule has 5 aliphatic rings. The van der Waals surface area contributed by atoms with E-state index in [-0.39, 0.29) is 29.7 Å². The second kappa shape index (κ2) is 10.5. The Kier molecular flexibility index (Phi) is 7.33. The number of fused-ring (bicyclic) bond motifs is 3. The molecule has 1 amide bonds. The van der Waals surface area contributed by atoms with Crippen LogP contribution < -0.4 is 10.6 Å². The van der Waals surface area contributed by atoms with Crippen LogP contribution in [0, 0.1) is 29.6 Å². The SMILES string of the molecule is CN(C)c1c(CN(CC2CC2)C2(C)CCC2)cc(O)c2c1C[C@H]1C[C@H]3[C@H](N(C)C)C(=O)C(C(N)=O)C(=O)[C@@]3(O)C(=O)C1C2=O. The number of likely N-dealkylation sites (N-methyl/N-ethyl adjacent to an activating group) is 1. The molecule has 6 rings (SSSR count). The highest BCUT2D eigenvalue weighted by atomic mass is 16.3. The van der Waals surface area contributed by atoms with Gasteiger partial charge >= 0.3 is 0 Å². The third-order valence-electron chi connectivity index (χ3n) is 11.3. The number of hydrogen-bond donors (Lipinski definition) is 3. The monoisotopic (exact) mass is 608 g/mol. The van der Waals surface area contributed by atoms with Gasteiger partial charge in [-0.1, -0.05) is 0 Å². The maximum Gasteiger partial charge on any atom is 0.235 e. The fourth-order valence-electron chi connectivity index (χ4n) is 8.70. The number of phenolic OH excluding ortho intramolecular Hbond substituents is 1. The summed E-state index contributed by atoms with van der Waals surface area (Å²) in [4.78, 5) is 73.4. The molecule has 11 nitrogen and oxygen atoms in total. The smallest absolute Gasteiger partial charge is 0.235 e. The highest BCUT2D eigenvalue weighted by molar-refractivity contribution is 6.32. The van der Waals surface area contributed by atoms with Crippen LogP contribution in [0.25, 0.3) is 0 Å². The predicted molar refractivity (Wildman–Crippen MR) is 161 cm³/mol. The van der Waals surface area contributed by atoms with Crippen molar-refractivity contribution in [1.29, 1.82) is 0 Å². The molecule has 0 bridgehead atoms. The standard InChI is InChI=1S/C33H44N4O7/c1-32(9-6-10-32)37(14-16-7-8-16)15-18-13-21(38)23-19(25(18)35(2)3)11-17-12-20-26(36(4)5)28(40)24(31(34)43)30(42)33(20,44)29(41)22(17)27(23)39/h13,16-17,20,22,24,26,38,44H,6-12,14-15H2,1-5H3,(H2,34,43)/t17-,20-,22?,24?,26-,33-/m0/s1. The van der Waals surface area contributed by atoms with Gasteiger partial charge in [-0.2, -0.15) is 0 Å². The first-order valence-corrected chi connectivity index (χ1v) is 15.8. The number of nitrogens with two attached hydrogens (primary N) is 1. The van der Waals surface area contributed by atoms with Crippen LogP contribution in [0.4, 0.5) is 5.69 Å². The number of primary amides is 1. The lowest BCUT2D eigenvalue weighted by Gasteiger charge is -2.52. The first-order valence-electron chi connectivity index (χ1n) is 15.8. The van der Waals surface area contributed by atoms with E-state index < -0.39 is 64.4 Å². The van der Waals surface area contributed by atoms with Crippen LogP contribution in [0.15, 0.2) is 6.07 Å². The second-order valence-corrected chi connectivity index (χ2v) is 14.6. The quantitative estimate of drug-likeness (QED) is 0.364. The van der Waals surface area contributed by atoms with Crippen LogP contribution in [0.3, 0.4) is 0 Å². The van der Waals surface area contributed by atoms with Crippen molar-refractivity contribution in [2.24, 2.45) is 35.3 Å². The Hall–Kier alpha value is -3.15. The summed E-state index contributed by atoms with van der Waals surface area (Å²) in [6, 6.07) is 0.512. The summed E-state index contributed by atoms with van der Waals surface area (Å²) in [6.45, 7) is 3.90. The number of aliphatic hydroxyl groups is 1. The van der Waals surface area contributed by atoms with E-state index in [0.29, 0.717) is 18.0 Å². The fourth-order valence-corrected chi connectivity index (χ4v) is 8.70. The highest BCUT2D eigenvalue weighted by Crippen LogP contribution is 2.52. The minimum Gasteiger partial charge on any atom is -0.507 e. The summed E-state index contributed by atoms with van der Waals surface area (Å²) < 4.78 is 0. The van der Waals surface area contributed by atoms with E-state index in [9.17, 15) is 34.2 Å². The lowest BCUT2D eigenvalue weighted by molar-refractivity contribution is -0.181. The van der Waals surface area contributed by atoms with Crippen LogP contribution in [0.5, 0.6) is 5.75 Å². The molecule has 0 saturated heterocycles. The molecule has 1 aromatic rings. The first-order chi connectivity index (χ1) is 20.6. The predicted octanol–water partition coefficient (Wildman–Crippen LogP) is 1.09. The Morgan fingerprint density at radius 3 is 2.25 bits per heavy atom. The van der Waals surface area contributed by atoms with Gasteiger partial charge in [-0.15, -0.1) is 0 Å². The zero-order chi connectivity index (χ0) is 32.0. The molecule has 2 unspecified atom stereocenters. The van der Waals surface area contributed by atoms with Crippen molar-refractivity contribution in [3.63, 3.8) is 0 Å². The molecule has 0 aliphatic heterocycles. The molecule has 4 N–H and O–H groups in total. The van der Waals surface area contributed by atoms with E-state index in [2.05, 4.69) is 11.8 Å². The highest BCUT2D eigenvalue weighted by Gasteiger charge is 2.69. The van der Waals surface area contributed by atoms with Crippen molar-refractivity contribution in [2.45, 2.75) is 75.6 Å². The lowest BCUT2D eigenvalue weighted by atomic mass is 9.52. The Balaban J connectivity index is 1.43. The summed E-state index contributed by atoms with van der Waals surface area (Å²) in [5, 5.41) is 23.2. The van der Waals surface area contributed by atoms with Crippen molar-refractivity contribution >= 4 is 34.7 Å². The molecule has 0 heterocycles. The Labute approximate surface area is 257 Å². The number of rotatable bonds is 8. The average molecular weight is 609 g/mol. The molecule has 6 atom stereocenters. The third kappa shape index (κ3) is 4.45. The second-order valence-electron chi connectivity index (χ2n) is 14.6. The van der Waals surface area contributed by atoms with E-state index in [1.54, 1.807) is 20.2 Å². The molecule has 238 valence electrons. The van der Waals surface area contributed by atoms with Crippen LogP contribution >= 0.6 is 0 Å². The van der Waals surface area contributed by atoms with Crippen LogP contribution in [0.2, 0.25) is 0 Å². The van der Waals surface area contributed by atoms with Gasteiger partial charge in [0.15, 0.2) is 34.7 Å². The van der Waals surface area contributed by atoms with E-state index in [1.807, 2.05) is 19.0 Å². The molecule has 0 spiro atoms. The first kappa shape index (κ1) is 30.9. The van der Waals surface area contributed by atoms with E-state index in [1.165, 1.54) is 24.2 Å². The molecule has 0 radical (unpaired) electrons. The Bertz CT molecular complexity index is 1460. The molecule has 0 aromatic heterocycles. The number of nitrogens with zero attached hydrogens (tertiary/aromatic N) is 3. The number of phenols is 1. The summed E-state index contributed by atoms with van der Waals surface area (Å²) >= 11 is 0. The third-order valence-corrected chi connectivity index (χ3v) is 11.3. The molecular formula is C33H44N4O7. The van der Waals surface area contributed by atoms with Gasteiger partial charge in [0.1, 0.15) is 5.75 Å². The van der Waals surface area contributed by atoms with Gasteiger partial charge in [-0.05, 0) is 95.0 Å². The zero-order valence-electron chi connectivity index (χ0n) is 26.3. The summed E-state index contributed by atoms with van der Waals surface area (Å²) in [5.74, 6) is -9.59. The minimum absolute atomic E-state index is 0.0349. The molecule has 5 aliphatic carbocycles. The number of benzene rings is 1. The lowest BCUT2D eigenvalue weighted by Crippen LogP contribution is -2.74. The number of aromatic hydroxyl groups is 1.